The summed E-state index contributed by atoms with van der Waals surface area (Å²) >= 11 is 0. The standard InChI is InChI=1S/C19H20N4O/c1-23-14-18(13-22-23)17-4-2-3-16(11-17)12-21-19(24)6-5-15-7-9-20-10-8-15/h2-4,7-11,13-14H,5-6,12H2,1H3,(H,21,24). The smallest absolute Gasteiger partial charge is 0.220 e. The van der Waals surface area contributed by atoms with Gasteiger partial charge >= 0.3 is 0 Å². The van der Waals surface area contributed by atoms with Crippen molar-refractivity contribution >= 4 is 5.91 Å². The summed E-state index contributed by atoms with van der Waals surface area (Å²) in [5.74, 6) is 0.0543. The molecule has 0 spiro atoms. The second-order valence-electron chi connectivity index (χ2n) is 5.74. The molecule has 0 saturated carbocycles. The van der Waals surface area contributed by atoms with Crippen molar-refractivity contribution in [1.29, 1.82) is 0 Å². The lowest BCUT2D eigenvalue weighted by atomic mass is 10.1. The maximum atomic E-state index is 12.0. The maximum absolute atomic E-state index is 12.0. The number of nitrogens with one attached hydrogen (secondary N) is 1. The first kappa shape index (κ1) is 15.9. The predicted molar refractivity (Wildman–Crippen MR) is 93.0 cm³/mol. The molecular weight excluding hydrogens is 300 g/mol. The van der Waals surface area contributed by atoms with E-state index in [0.29, 0.717) is 13.0 Å². The van der Waals surface area contributed by atoms with Crippen molar-refractivity contribution in [3.63, 3.8) is 0 Å². The van der Waals surface area contributed by atoms with Gasteiger partial charge in [0.15, 0.2) is 0 Å². The Morgan fingerprint density at radius 1 is 1.12 bits per heavy atom. The van der Waals surface area contributed by atoms with Gasteiger partial charge in [-0.15, -0.1) is 0 Å². The van der Waals surface area contributed by atoms with E-state index in [0.717, 1.165) is 28.7 Å². The van der Waals surface area contributed by atoms with Crippen molar-refractivity contribution in [1.82, 2.24) is 20.1 Å². The number of hydrogen-bond acceptors (Lipinski definition) is 3. The first-order chi connectivity index (χ1) is 11.7. The zero-order valence-corrected chi connectivity index (χ0v) is 13.6. The Morgan fingerprint density at radius 3 is 2.71 bits per heavy atom. The van der Waals surface area contributed by atoms with Gasteiger partial charge < -0.3 is 5.32 Å². The molecule has 0 aliphatic heterocycles. The van der Waals surface area contributed by atoms with Gasteiger partial charge in [-0.2, -0.15) is 5.10 Å². The summed E-state index contributed by atoms with van der Waals surface area (Å²) in [7, 11) is 1.90. The van der Waals surface area contributed by atoms with Gasteiger partial charge in [-0.1, -0.05) is 18.2 Å². The van der Waals surface area contributed by atoms with Gasteiger partial charge in [0.25, 0.3) is 0 Å². The zero-order chi connectivity index (χ0) is 16.8. The maximum Gasteiger partial charge on any atom is 0.220 e. The van der Waals surface area contributed by atoms with E-state index >= 15 is 0 Å². The molecule has 2 aromatic heterocycles. The topological polar surface area (TPSA) is 59.8 Å². The molecule has 0 aliphatic rings. The zero-order valence-electron chi connectivity index (χ0n) is 13.6. The minimum absolute atomic E-state index is 0.0543. The summed E-state index contributed by atoms with van der Waals surface area (Å²) in [6.07, 6.45) is 8.52. The van der Waals surface area contributed by atoms with E-state index < -0.39 is 0 Å². The van der Waals surface area contributed by atoms with Crippen LogP contribution >= 0.6 is 0 Å². The molecule has 0 saturated heterocycles. The Morgan fingerprint density at radius 2 is 1.96 bits per heavy atom. The third-order valence-corrected chi connectivity index (χ3v) is 3.84. The fraction of sp³-hybridized carbons (Fsp3) is 0.211. The molecule has 1 aromatic carbocycles. The Bertz CT molecular complexity index is 811. The molecule has 3 aromatic rings. The van der Waals surface area contributed by atoms with Crippen molar-refractivity contribution in [3.05, 3.63) is 72.3 Å². The largest absolute Gasteiger partial charge is 0.352 e. The van der Waals surface area contributed by atoms with E-state index in [1.165, 1.54) is 0 Å². The Hall–Kier alpha value is -2.95. The molecule has 0 atom stereocenters. The molecular formula is C19H20N4O. The lowest BCUT2D eigenvalue weighted by Crippen LogP contribution is -2.23. The molecule has 0 unspecified atom stereocenters. The van der Waals surface area contributed by atoms with Crippen molar-refractivity contribution in [2.75, 3.05) is 0 Å². The SMILES string of the molecule is Cn1cc(-c2cccc(CNC(=O)CCc3ccncc3)c2)cn1. The third-order valence-electron chi connectivity index (χ3n) is 3.84. The average Bonchev–Trinajstić information content (AvgIpc) is 3.06. The predicted octanol–water partition coefficient (Wildman–Crippen LogP) is 2.73. The summed E-state index contributed by atoms with van der Waals surface area (Å²) in [6.45, 7) is 0.531. The van der Waals surface area contributed by atoms with E-state index in [9.17, 15) is 4.79 Å². The molecule has 0 aliphatic carbocycles. The number of nitrogens with zero attached hydrogens (tertiary/aromatic N) is 3. The Kier molecular flexibility index (Phi) is 5.01. The van der Waals surface area contributed by atoms with Crippen molar-refractivity contribution in [2.24, 2.45) is 7.05 Å². The number of rotatable bonds is 6. The van der Waals surface area contributed by atoms with Crippen molar-refractivity contribution in [2.45, 2.75) is 19.4 Å². The molecule has 1 amide bonds. The van der Waals surface area contributed by atoms with Crippen molar-refractivity contribution < 1.29 is 4.79 Å². The van der Waals surface area contributed by atoms with Crippen LogP contribution in [0.3, 0.4) is 0 Å². The summed E-state index contributed by atoms with van der Waals surface area (Å²) in [5, 5.41) is 7.17. The van der Waals surface area contributed by atoms with Crippen LogP contribution in [-0.2, 0) is 24.8 Å². The van der Waals surface area contributed by atoms with E-state index in [-0.39, 0.29) is 5.91 Å². The second kappa shape index (κ2) is 7.55. The number of benzene rings is 1. The molecule has 0 bridgehead atoms. The highest BCUT2D eigenvalue weighted by Crippen LogP contribution is 2.19. The average molecular weight is 320 g/mol. The fourth-order valence-corrected chi connectivity index (χ4v) is 2.53. The number of hydrogen-bond donors (Lipinski definition) is 1. The minimum Gasteiger partial charge on any atom is -0.352 e. The number of carbonyl (C=O) groups is 1. The molecule has 122 valence electrons. The molecule has 3 rings (SSSR count). The summed E-state index contributed by atoms with van der Waals surface area (Å²) in [6, 6.07) is 12.0. The van der Waals surface area contributed by atoms with E-state index in [1.54, 1.807) is 17.1 Å². The van der Waals surface area contributed by atoms with Crippen molar-refractivity contribution in [3.8, 4) is 11.1 Å². The fourth-order valence-electron chi connectivity index (χ4n) is 2.53. The molecule has 24 heavy (non-hydrogen) atoms. The first-order valence-corrected chi connectivity index (χ1v) is 7.94. The van der Waals surface area contributed by atoms with Crippen LogP contribution in [0.5, 0.6) is 0 Å². The lowest BCUT2D eigenvalue weighted by Gasteiger charge is -2.07. The monoisotopic (exact) mass is 320 g/mol. The second-order valence-corrected chi connectivity index (χ2v) is 5.74. The summed E-state index contributed by atoms with van der Waals surface area (Å²) < 4.78 is 1.78. The first-order valence-electron chi connectivity index (χ1n) is 7.94. The number of aryl methyl sites for hydroxylation is 2. The summed E-state index contributed by atoms with van der Waals surface area (Å²) in [5.41, 5.74) is 4.38. The van der Waals surface area contributed by atoms with Gasteiger partial charge in [0.1, 0.15) is 0 Å². The van der Waals surface area contributed by atoms with Crippen LogP contribution in [0.25, 0.3) is 11.1 Å². The number of amides is 1. The molecule has 5 heteroatoms. The van der Waals surface area contributed by atoms with Crippen LogP contribution in [0.15, 0.2) is 61.2 Å². The third kappa shape index (κ3) is 4.29. The van der Waals surface area contributed by atoms with Gasteiger partial charge in [0.05, 0.1) is 6.20 Å². The van der Waals surface area contributed by atoms with Crippen LogP contribution in [-0.4, -0.2) is 20.7 Å². The Balaban J connectivity index is 1.54. The van der Waals surface area contributed by atoms with Gasteiger partial charge in [-0.05, 0) is 41.3 Å². The highest BCUT2D eigenvalue weighted by atomic mass is 16.1. The summed E-state index contributed by atoms with van der Waals surface area (Å²) in [4.78, 5) is 16.0. The molecule has 5 nitrogen and oxygen atoms in total. The highest BCUT2D eigenvalue weighted by molar-refractivity contribution is 5.76. The van der Waals surface area contributed by atoms with Crippen LogP contribution < -0.4 is 5.32 Å². The van der Waals surface area contributed by atoms with E-state index in [4.69, 9.17) is 0 Å². The minimum atomic E-state index is 0.0543. The van der Waals surface area contributed by atoms with Gasteiger partial charge in [-0.3, -0.25) is 14.5 Å². The van der Waals surface area contributed by atoms with E-state index in [1.807, 2.05) is 49.8 Å². The van der Waals surface area contributed by atoms with Crippen LogP contribution in [0, 0.1) is 0 Å². The van der Waals surface area contributed by atoms with Crippen LogP contribution in [0.4, 0.5) is 0 Å². The molecule has 1 N–H and O–H groups in total. The Labute approximate surface area is 141 Å². The number of pyridine rings is 1. The highest BCUT2D eigenvalue weighted by Gasteiger charge is 2.05. The number of aromatic nitrogens is 3. The molecule has 2 heterocycles. The van der Waals surface area contributed by atoms with E-state index in [2.05, 4.69) is 21.5 Å². The lowest BCUT2D eigenvalue weighted by molar-refractivity contribution is -0.121. The number of carbonyl (C=O) groups excluding carboxylic acids is 1. The van der Waals surface area contributed by atoms with Gasteiger partial charge in [0.2, 0.25) is 5.91 Å². The molecule has 0 fully saturated rings. The molecule has 0 radical (unpaired) electrons. The quantitative estimate of drug-likeness (QED) is 0.760. The van der Waals surface area contributed by atoms with Crippen LogP contribution in [0.1, 0.15) is 17.5 Å². The van der Waals surface area contributed by atoms with Crippen LogP contribution in [0.2, 0.25) is 0 Å². The van der Waals surface area contributed by atoms with Gasteiger partial charge in [0, 0.05) is 44.2 Å². The van der Waals surface area contributed by atoms with Gasteiger partial charge in [-0.25, -0.2) is 0 Å². The normalized spacial score (nSPS) is 10.5.